The number of hydrogen-bond donors (Lipinski definition) is 0. The molecule has 1 aliphatic rings. The second-order valence-corrected chi connectivity index (χ2v) is 8.07. The number of carbonyl (C=O) groups is 2. The highest BCUT2D eigenvalue weighted by atomic mass is 16.7. The number of ether oxygens (including phenoxy) is 6. The Balaban J connectivity index is 1.82. The third-order valence-corrected chi connectivity index (χ3v) is 5.25. The Morgan fingerprint density at radius 1 is 0.829 bits per heavy atom. The van der Waals surface area contributed by atoms with Gasteiger partial charge in [-0.05, 0) is 11.1 Å². The molecule has 188 valence electrons. The lowest BCUT2D eigenvalue weighted by Crippen LogP contribution is -2.62. The van der Waals surface area contributed by atoms with Gasteiger partial charge >= 0.3 is 11.9 Å². The molecule has 1 aliphatic heterocycles. The number of rotatable bonds is 12. The zero-order valence-electron chi connectivity index (χ0n) is 20.0. The Kier molecular flexibility index (Phi) is 10.4. The highest BCUT2D eigenvalue weighted by Crippen LogP contribution is 2.30. The predicted octanol–water partition coefficient (Wildman–Crippen LogP) is 3.58. The molecule has 1 heterocycles. The molecule has 0 amide bonds. The minimum Gasteiger partial charge on any atom is -0.456 e. The van der Waals surface area contributed by atoms with Gasteiger partial charge in [-0.1, -0.05) is 66.7 Å². The molecule has 8 heteroatoms. The van der Waals surface area contributed by atoms with Crippen LogP contribution in [0.15, 0.2) is 73.3 Å². The van der Waals surface area contributed by atoms with Crippen molar-refractivity contribution in [2.75, 3.05) is 13.2 Å². The average Bonchev–Trinajstić information content (AvgIpc) is 2.84. The lowest BCUT2D eigenvalue weighted by molar-refractivity contribution is -0.314. The van der Waals surface area contributed by atoms with Crippen LogP contribution in [0.5, 0.6) is 0 Å². The van der Waals surface area contributed by atoms with Gasteiger partial charge in [0.2, 0.25) is 0 Å². The van der Waals surface area contributed by atoms with E-state index in [1.165, 1.54) is 13.8 Å². The van der Waals surface area contributed by atoms with Crippen molar-refractivity contribution in [3.05, 3.63) is 84.4 Å². The second-order valence-electron chi connectivity index (χ2n) is 8.07. The molecule has 0 unspecified atom stereocenters. The molecule has 0 saturated carbocycles. The smallest absolute Gasteiger partial charge is 0.303 e. The summed E-state index contributed by atoms with van der Waals surface area (Å²) in [4.78, 5) is 24.0. The molecular weight excluding hydrogens is 452 g/mol. The Morgan fingerprint density at radius 3 is 1.97 bits per heavy atom. The van der Waals surface area contributed by atoms with Crippen molar-refractivity contribution in [3.8, 4) is 0 Å². The summed E-state index contributed by atoms with van der Waals surface area (Å²) in [5.41, 5.74) is 1.89. The van der Waals surface area contributed by atoms with E-state index < -0.39 is 42.6 Å². The zero-order chi connectivity index (χ0) is 25.0. The van der Waals surface area contributed by atoms with E-state index in [2.05, 4.69) is 6.58 Å². The minimum absolute atomic E-state index is 0.0734. The van der Waals surface area contributed by atoms with E-state index >= 15 is 0 Å². The summed E-state index contributed by atoms with van der Waals surface area (Å²) < 4.78 is 35.2. The molecule has 1 fully saturated rings. The maximum atomic E-state index is 12.0. The lowest BCUT2D eigenvalue weighted by atomic mass is 9.98. The highest BCUT2D eigenvalue weighted by molar-refractivity contribution is 5.67. The van der Waals surface area contributed by atoms with Crippen LogP contribution in [0.1, 0.15) is 25.0 Å². The van der Waals surface area contributed by atoms with Crippen LogP contribution in [0, 0.1) is 0 Å². The van der Waals surface area contributed by atoms with Crippen LogP contribution in [0.3, 0.4) is 0 Å². The van der Waals surface area contributed by atoms with Gasteiger partial charge in [-0.15, -0.1) is 6.58 Å². The van der Waals surface area contributed by atoms with Crippen molar-refractivity contribution in [1.29, 1.82) is 0 Å². The standard InChI is InChI=1S/C27H32O8/c1-4-15-31-27-26(32-17-22-13-9-6-10-14-22)25(34-20(3)29)24(33-19(2)28)23(35-27)18-30-16-21-11-7-5-8-12-21/h4-14,23-27H,1,15-18H2,2-3H3/t23-,24-,25+,26-,27+/m1/s1. The molecule has 0 aromatic heterocycles. The van der Waals surface area contributed by atoms with Crippen molar-refractivity contribution in [2.24, 2.45) is 0 Å². The third kappa shape index (κ3) is 8.29. The molecule has 3 rings (SSSR count). The first-order chi connectivity index (χ1) is 17.0. The van der Waals surface area contributed by atoms with Crippen LogP contribution in [0.2, 0.25) is 0 Å². The van der Waals surface area contributed by atoms with E-state index in [1.807, 2.05) is 60.7 Å². The summed E-state index contributed by atoms with van der Waals surface area (Å²) >= 11 is 0. The van der Waals surface area contributed by atoms with E-state index in [0.29, 0.717) is 6.61 Å². The Morgan fingerprint density at radius 2 is 1.40 bits per heavy atom. The van der Waals surface area contributed by atoms with Gasteiger partial charge in [0.05, 0.1) is 26.4 Å². The molecule has 0 spiro atoms. The SMILES string of the molecule is C=CCO[C@H]1O[C@H](COCc2ccccc2)[C@@H](OC(C)=O)[C@H](OC(C)=O)[C@H]1OCc1ccccc1. The summed E-state index contributed by atoms with van der Waals surface area (Å²) in [6, 6.07) is 19.2. The average molecular weight is 485 g/mol. The first-order valence-corrected chi connectivity index (χ1v) is 11.5. The van der Waals surface area contributed by atoms with E-state index in [9.17, 15) is 9.59 Å². The quantitative estimate of drug-likeness (QED) is 0.334. The van der Waals surface area contributed by atoms with Crippen LogP contribution in [0.25, 0.3) is 0 Å². The maximum Gasteiger partial charge on any atom is 0.303 e. The number of esters is 2. The van der Waals surface area contributed by atoms with E-state index in [4.69, 9.17) is 28.4 Å². The van der Waals surface area contributed by atoms with Crippen LogP contribution in [-0.4, -0.2) is 55.9 Å². The first kappa shape index (κ1) is 26.6. The minimum atomic E-state index is -0.978. The van der Waals surface area contributed by atoms with Gasteiger partial charge in [0, 0.05) is 13.8 Å². The van der Waals surface area contributed by atoms with Crippen LogP contribution in [-0.2, 0) is 51.2 Å². The van der Waals surface area contributed by atoms with Crippen molar-refractivity contribution in [3.63, 3.8) is 0 Å². The molecule has 5 atom stereocenters. The van der Waals surface area contributed by atoms with Crippen LogP contribution >= 0.6 is 0 Å². The Bertz CT molecular complexity index is 933. The molecule has 0 aliphatic carbocycles. The largest absolute Gasteiger partial charge is 0.456 e. The molecule has 2 aromatic rings. The van der Waals surface area contributed by atoms with Gasteiger partial charge in [0.15, 0.2) is 18.5 Å². The van der Waals surface area contributed by atoms with E-state index in [-0.39, 0.29) is 19.8 Å². The van der Waals surface area contributed by atoms with Gasteiger partial charge in [0.25, 0.3) is 0 Å². The van der Waals surface area contributed by atoms with E-state index in [1.54, 1.807) is 6.08 Å². The summed E-state index contributed by atoms with van der Waals surface area (Å²) in [5, 5.41) is 0. The topological polar surface area (TPSA) is 89.5 Å². The number of hydrogen-bond acceptors (Lipinski definition) is 8. The summed E-state index contributed by atoms with van der Waals surface area (Å²) in [7, 11) is 0. The summed E-state index contributed by atoms with van der Waals surface area (Å²) in [6.45, 7) is 7.05. The molecule has 0 N–H and O–H groups in total. The second kappa shape index (κ2) is 13.7. The predicted molar refractivity (Wildman–Crippen MR) is 127 cm³/mol. The molecule has 35 heavy (non-hydrogen) atoms. The molecule has 1 saturated heterocycles. The van der Waals surface area contributed by atoms with Crippen molar-refractivity contribution in [2.45, 2.75) is 57.8 Å². The Labute approximate surface area is 205 Å². The highest BCUT2D eigenvalue weighted by Gasteiger charge is 2.51. The van der Waals surface area contributed by atoms with Gasteiger partial charge in [0.1, 0.15) is 12.2 Å². The summed E-state index contributed by atoms with van der Waals surface area (Å²) in [5.74, 6) is -1.09. The lowest BCUT2D eigenvalue weighted by Gasteiger charge is -2.44. The molecular formula is C27H32O8. The van der Waals surface area contributed by atoms with Crippen LogP contribution in [0.4, 0.5) is 0 Å². The van der Waals surface area contributed by atoms with Gasteiger partial charge < -0.3 is 28.4 Å². The van der Waals surface area contributed by atoms with Gasteiger partial charge in [-0.3, -0.25) is 9.59 Å². The number of benzene rings is 2. The van der Waals surface area contributed by atoms with Crippen molar-refractivity contribution < 1.29 is 38.0 Å². The van der Waals surface area contributed by atoms with Crippen molar-refractivity contribution in [1.82, 2.24) is 0 Å². The molecule has 8 nitrogen and oxygen atoms in total. The fourth-order valence-corrected chi connectivity index (χ4v) is 3.78. The summed E-state index contributed by atoms with van der Waals surface area (Å²) in [6.07, 6.45) is -2.91. The normalized spacial score (nSPS) is 23.9. The zero-order valence-corrected chi connectivity index (χ0v) is 20.0. The monoisotopic (exact) mass is 484 g/mol. The third-order valence-electron chi connectivity index (χ3n) is 5.25. The molecule has 0 radical (unpaired) electrons. The fraction of sp³-hybridized carbons (Fsp3) is 0.407. The van der Waals surface area contributed by atoms with Gasteiger partial charge in [-0.25, -0.2) is 0 Å². The first-order valence-electron chi connectivity index (χ1n) is 11.5. The van der Waals surface area contributed by atoms with Gasteiger partial charge in [-0.2, -0.15) is 0 Å². The molecule has 0 bridgehead atoms. The van der Waals surface area contributed by atoms with E-state index in [0.717, 1.165) is 11.1 Å². The van der Waals surface area contributed by atoms with Crippen LogP contribution < -0.4 is 0 Å². The molecule has 2 aromatic carbocycles. The fourth-order valence-electron chi connectivity index (χ4n) is 3.78. The Hall–Kier alpha value is -3.04. The maximum absolute atomic E-state index is 12.0. The van der Waals surface area contributed by atoms with Crippen molar-refractivity contribution >= 4 is 11.9 Å². The number of carbonyl (C=O) groups excluding carboxylic acids is 2.